The first-order valence-corrected chi connectivity index (χ1v) is 8.21. The number of halogens is 1. The molecule has 2 bridgehead atoms. The number of benzene rings is 1. The van der Waals surface area contributed by atoms with E-state index in [4.69, 9.17) is 5.73 Å². The van der Waals surface area contributed by atoms with Crippen molar-refractivity contribution < 1.29 is 4.79 Å². The number of aromatic nitrogens is 2. The van der Waals surface area contributed by atoms with Gasteiger partial charge in [-0.3, -0.25) is 9.89 Å². The minimum absolute atomic E-state index is 0. The third-order valence-electron chi connectivity index (χ3n) is 5.52. The second kappa shape index (κ2) is 6.49. The van der Waals surface area contributed by atoms with Crippen LogP contribution in [0.2, 0.25) is 0 Å². The van der Waals surface area contributed by atoms with Crippen LogP contribution >= 0.6 is 12.4 Å². The monoisotopic (exact) mass is 334 g/mol. The third-order valence-corrected chi connectivity index (χ3v) is 5.52. The second-order valence-electron chi connectivity index (χ2n) is 6.83. The van der Waals surface area contributed by atoms with E-state index in [0.29, 0.717) is 17.9 Å². The molecule has 2 aliphatic rings. The molecule has 0 radical (unpaired) electrons. The van der Waals surface area contributed by atoms with Crippen LogP contribution in [0.1, 0.15) is 32.1 Å². The van der Waals surface area contributed by atoms with Crippen LogP contribution in [0, 0.1) is 17.8 Å². The Kier molecular flexibility index (Phi) is 4.60. The highest BCUT2D eigenvalue weighted by Crippen LogP contribution is 2.42. The summed E-state index contributed by atoms with van der Waals surface area (Å²) >= 11 is 0. The van der Waals surface area contributed by atoms with Crippen LogP contribution in [0.5, 0.6) is 0 Å². The normalized spacial score (nSPS) is 29.8. The van der Waals surface area contributed by atoms with E-state index in [9.17, 15) is 4.79 Å². The van der Waals surface area contributed by atoms with Crippen LogP contribution in [0.15, 0.2) is 24.4 Å². The van der Waals surface area contributed by atoms with Crippen molar-refractivity contribution in [3.8, 4) is 0 Å². The first kappa shape index (κ1) is 16.3. The number of hydrogen-bond donors (Lipinski definition) is 3. The summed E-state index contributed by atoms with van der Waals surface area (Å²) in [6, 6.07) is 6.15. The van der Waals surface area contributed by atoms with Crippen LogP contribution in [0.3, 0.4) is 0 Å². The van der Waals surface area contributed by atoms with Crippen molar-refractivity contribution in [2.24, 2.45) is 23.5 Å². The number of carbonyl (C=O) groups is 1. The van der Waals surface area contributed by atoms with Crippen LogP contribution in [0.4, 0.5) is 5.69 Å². The molecule has 2 unspecified atom stereocenters. The maximum atomic E-state index is 12.7. The molecule has 1 heterocycles. The Morgan fingerprint density at radius 1 is 1.26 bits per heavy atom. The summed E-state index contributed by atoms with van der Waals surface area (Å²) in [6.45, 7) is 0. The molecule has 23 heavy (non-hydrogen) atoms. The van der Waals surface area contributed by atoms with Crippen molar-refractivity contribution in [3.05, 3.63) is 24.4 Å². The molecule has 2 saturated carbocycles. The summed E-state index contributed by atoms with van der Waals surface area (Å²) in [5.41, 5.74) is 8.03. The van der Waals surface area contributed by atoms with E-state index in [2.05, 4.69) is 15.5 Å². The van der Waals surface area contributed by atoms with Gasteiger partial charge in [0.05, 0.1) is 17.4 Å². The van der Waals surface area contributed by atoms with Crippen LogP contribution in [0.25, 0.3) is 10.9 Å². The lowest BCUT2D eigenvalue weighted by Gasteiger charge is -2.43. The molecule has 2 aliphatic carbocycles. The van der Waals surface area contributed by atoms with Gasteiger partial charge in [-0.25, -0.2) is 0 Å². The molecule has 1 aromatic heterocycles. The number of anilines is 1. The number of nitrogens with two attached hydrogens (primary N) is 1. The van der Waals surface area contributed by atoms with Crippen molar-refractivity contribution in [1.82, 2.24) is 10.2 Å². The molecule has 1 aromatic carbocycles. The number of nitrogens with one attached hydrogen (secondary N) is 2. The van der Waals surface area contributed by atoms with Crippen molar-refractivity contribution in [1.29, 1.82) is 0 Å². The van der Waals surface area contributed by atoms with E-state index in [-0.39, 0.29) is 24.2 Å². The van der Waals surface area contributed by atoms with E-state index < -0.39 is 0 Å². The number of nitrogens with zero attached hydrogens (tertiary/aromatic N) is 1. The maximum Gasteiger partial charge on any atom is 0.227 e. The molecule has 4 N–H and O–H groups in total. The van der Waals surface area contributed by atoms with Gasteiger partial charge in [0.15, 0.2) is 0 Å². The Morgan fingerprint density at radius 3 is 2.74 bits per heavy atom. The first-order chi connectivity index (χ1) is 10.7. The molecule has 4 rings (SSSR count). The number of rotatable bonds is 2. The molecule has 124 valence electrons. The Bertz CT molecular complexity index is 687. The van der Waals surface area contributed by atoms with Gasteiger partial charge in [0.25, 0.3) is 0 Å². The lowest BCUT2D eigenvalue weighted by Crippen LogP contribution is -2.48. The molecular formula is C17H23ClN4O. The molecule has 0 aliphatic heterocycles. The van der Waals surface area contributed by atoms with Crippen molar-refractivity contribution in [2.75, 3.05) is 5.32 Å². The molecule has 0 spiro atoms. The molecule has 2 aromatic rings. The van der Waals surface area contributed by atoms with E-state index in [0.717, 1.165) is 29.4 Å². The molecule has 2 fully saturated rings. The lowest BCUT2D eigenvalue weighted by atomic mass is 9.65. The SMILES string of the molecule is Cl.NC1C2CCCC1CC(C(=O)Nc1cccc3cn[nH]c13)C2. The summed E-state index contributed by atoms with van der Waals surface area (Å²) in [5.74, 6) is 1.26. The molecule has 0 saturated heterocycles. The third kappa shape index (κ3) is 2.95. The summed E-state index contributed by atoms with van der Waals surface area (Å²) in [4.78, 5) is 12.7. The van der Waals surface area contributed by atoms with Crippen molar-refractivity contribution in [3.63, 3.8) is 0 Å². The largest absolute Gasteiger partial charge is 0.327 e. The minimum atomic E-state index is 0. The van der Waals surface area contributed by atoms with Gasteiger partial charge in [-0.15, -0.1) is 12.4 Å². The first-order valence-electron chi connectivity index (χ1n) is 8.21. The predicted molar refractivity (Wildman–Crippen MR) is 93.5 cm³/mol. The van der Waals surface area contributed by atoms with Crippen LogP contribution < -0.4 is 11.1 Å². The number of amides is 1. The number of fused-ring (bicyclic) bond motifs is 3. The lowest BCUT2D eigenvalue weighted by molar-refractivity contribution is -0.122. The average molecular weight is 335 g/mol. The fourth-order valence-electron chi connectivity index (χ4n) is 4.31. The van der Waals surface area contributed by atoms with Gasteiger partial charge in [-0.05, 0) is 43.6 Å². The smallest absolute Gasteiger partial charge is 0.227 e. The Morgan fingerprint density at radius 2 is 2.00 bits per heavy atom. The Balaban J connectivity index is 0.00000156. The van der Waals surface area contributed by atoms with E-state index >= 15 is 0 Å². The standard InChI is InChI=1S/C17H22N4O.ClH/c18-15-10-3-1-4-11(15)8-13(7-10)17(22)20-14-6-2-5-12-9-19-21-16(12)14;/h2,5-6,9-11,13,15H,1,3-4,7-8,18H2,(H,19,21)(H,20,22);1H. The fraction of sp³-hybridized carbons (Fsp3) is 0.529. The Hall–Kier alpha value is -1.59. The van der Waals surface area contributed by atoms with E-state index in [1.807, 2.05) is 18.2 Å². The molecule has 6 heteroatoms. The van der Waals surface area contributed by atoms with Gasteiger partial charge >= 0.3 is 0 Å². The fourth-order valence-corrected chi connectivity index (χ4v) is 4.31. The molecular weight excluding hydrogens is 312 g/mol. The highest BCUT2D eigenvalue weighted by Gasteiger charge is 2.40. The van der Waals surface area contributed by atoms with Gasteiger partial charge in [-0.1, -0.05) is 18.6 Å². The van der Waals surface area contributed by atoms with Gasteiger partial charge in [0.1, 0.15) is 0 Å². The van der Waals surface area contributed by atoms with Crippen LogP contribution in [-0.4, -0.2) is 22.1 Å². The molecule has 2 atom stereocenters. The zero-order valence-electron chi connectivity index (χ0n) is 13.0. The Labute approximate surface area is 141 Å². The maximum absolute atomic E-state index is 12.7. The van der Waals surface area contributed by atoms with Gasteiger partial charge in [0.2, 0.25) is 5.91 Å². The minimum Gasteiger partial charge on any atom is -0.327 e. The van der Waals surface area contributed by atoms with E-state index in [1.165, 1.54) is 19.3 Å². The summed E-state index contributed by atoms with van der Waals surface area (Å²) < 4.78 is 0. The summed E-state index contributed by atoms with van der Waals surface area (Å²) in [6.07, 6.45) is 7.26. The second-order valence-corrected chi connectivity index (χ2v) is 6.83. The summed E-state index contributed by atoms with van der Waals surface area (Å²) in [7, 11) is 0. The van der Waals surface area contributed by atoms with Crippen molar-refractivity contribution in [2.45, 2.75) is 38.1 Å². The average Bonchev–Trinajstić information content (AvgIpc) is 2.96. The number of H-pyrrole nitrogens is 1. The summed E-state index contributed by atoms with van der Waals surface area (Å²) in [5, 5.41) is 11.1. The topological polar surface area (TPSA) is 83.8 Å². The highest BCUT2D eigenvalue weighted by molar-refractivity contribution is 6.01. The quantitative estimate of drug-likeness (QED) is 0.789. The van der Waals surface area contributed by atoms with Crippen LogP contribution in [-0.2, 0) is 4.79 Å². The molecule has 1 amide bonds. The highest BCUT2D eigenvalue weighted by atomic mass is 35.5. The van der Waals surface area contributed by atoms with Gasteiger partial charge < -0.3 is 11.1 Å². The zero-order chi connectivity index (χ0) is 15.1. The van der Waals surface area contributed by atoms with Gasteiger partial charge in [-0.2, -0.15) is 5.10 Å². The van der Waals surface area contributed by atoms with E-state index in [1.54, 1.807) is 6.20 Å². The number of aromatic amines is 1. The number of para-hydroxylation sites is 1. The number of hydrogen-bond acceptors (Lipinski definition) is 3. The molecule has 5 nitrogen and oxygen atoms in total. The zero-order valence-corrected chi connectivity index (χ0v) is 13.8. The predicted octanol–water partition coefficient (Wildman–Crippen LogP) is 3.08. The van der Waals surface area contributed by atoms with Gasteiger partial charge in [0, 0.05) is 17.3 Å². The number of carbonyl (C=O) groups excluding carboxylic acids is 1. The van der Waals surface area contributed by atoms with Crippen molar-refractivity contribution >= 4 is 34.9 Å².